The van der Waals surface area contributed by atoms with Crippen molar-refractivity contribution in [2.75, 3.05) is 0 Å². The van der Waals surface area contributed by atoms with E-state index in [9.17, 15) is 34.2 Å². The minimum absolute atomic E-state index is 0.0645. The number of aromatic amines is 1. The Bertz CT molecular complexity index is 1120. The van der Waals surface area contributed by atoms with E-state index in [0.717, 1.165) is 0 Å². The number of carbonyl (C=O) groups is 5. The lowest BCUT2D eigenvalue weighted by Crippen LogP contribution is -2.59. The van der Waals surface area contributed by atoms with Crippen molar-refractivity contribution in [1.82, 2.24) is 25.9 Å². The number of imidazole rings is 1. The van der Waals surface area contributed by atoms with E-state index in [1.165, 1.54) is 24.7 Å². The van der Waals surface area contributed by atoms with Gasteiger partial charge in [-0.1, -0.05) is 26.0 Å². The summed E-state index contributed by atoms with van der Waals surface area (Å²) in [5.74, 6) is -5.62. The Kier molecular flexibility index (Phi) is 10.8. The average Bonchev–Trinajstić information content (AvgIpc) is 3.35. The van der Waals surface area contributed by atoms with Crippen molar-refractivity contribution < 1.29 is 39.3 Å². The number of hydrogen-bond donors (Lipinski definition) is 8. The number of rotatable bonds is 14. The molecule has 206 valence electrons. The molecule has 0 spiro atoms. The molecule has 0 saturated heterocycles. The minimum Gasteiger partial charge on any atom is -0.508 e. The van der Waals surface area contributed by atoms with Crippen LogP contribution in [-0.4, -0.2) is 79.1 Å². The van der Waals surface area contributed by atoms with E-state index < -0.39 is 66.2 Å². The van der Waals surface area contributed by atoms with Gasteiger partial charge in [-0.05, 0) is 30.0 Å². The van der Waals surface area contributed by atoms with Crippen LogP contribution < -0.4 is 21.7 Å². The third-order valence-corrected chi connectivity index (χ3v) is 5.58. The Morgan fingerprint density at radius 3 is 2.08 bits per heavy atom. The van der Waals surface area contributed by atoms with E-state index in [2.05, 4.69) is 25.9 Å². The van der Waals surface area contributed by atoms with Crippen LogP contribution in [0.2, 0.25) is 0 Å². The number of nitrogens with two attached hydrogens (primary N) is 1. The van der Waals surface area contributed by atoms with Crippen LogP contribution in [0, 0.1) is 5.92 Å². The molecule has 9 N–H and O–H groups in total. The summed E-state index contributed by atoms with van der Waals surface area (Å²) in [4.78, 5) is 67.9. The molecule has 4 atom stereocenters. The first-order valence-corrected chi connectivity index (χ1v) is 11.7. The highest BCUT2D eigenvalue weighted by Gasteiger charge is 2.32. The van der Waals surface area contributed by atoms with Gasteiger partial charge >= 0.3 is 11.9 Å². The molecule has 0 unspecified atom stereocenters. The lowest BCUT2D eigenvalue weighted by atomic mass is 10.0. The first kappa shape index (κ1) is 29.8. The number of hydrogen-bond acceptors (Lipinski definition) is 8. The molecule has 3 amide bonds. The molecule has 0 aliphatic carbocycles. The summed E-state index contributed by atoms with van der Waals surface area (Å²) >= 11 is 0. The minimum atomic E-state index is -1.72. The van der Waals surface area contributed by atoms with E-state index in [-0.39, 0.29) is 18.6 Å². The van der Waals surface area contributed by atoms with Crippen molar-refractivity contribution in [3.05, 3.63) is 48.0 Å². The molecule has 0 fully saturated rings. The molecular weight excluding hydrogens is 500 g/mol. The second kappa shape index (κ2) is 13.7. The first-order chi connectivity index (χ1) is 17.9. The Balaban J connectivity index is 2.14. The zero-order chi connectivity index (χ0) is 28.4. The highest BCUT2D eigenvalue weighted by Crippen LogP contribution is 2.12. The Morgan fingerprint density at radius 2 is 1.55 bits per heavy atom. The maximum absolute atomic E-state index is 13.2. The number of H-pyrrole nitrogens is 1. The highest BCUT2D eigenvalue weighted by atomic mass is 16.4. The number of nitrogens with one attached hydrogen (secondary N) is 4. The summed E-state index contributed by atoms with van der Waals surface area (Å²) < 4.78 is 0. The molecule has 2 rings (SSSR count). The van der Waals surface area contributed by atoms with Crippen LogP contribution in [0.3, 0.4) is 0 Å². The molecular formula is C24H32N6O8. The van der Waals surface area contributed by atoms with E-state index in [1.807, 2.05) is 0 Å². The van der Waals surface area contributed by atoms with Crippen molar-refractivity contribution >= 4 is 29.7 Å². The second-order valence-electron chi connectivity index (χ2n) is 9.05. The monoisotopic (exact) mass is 532 g/mol. The summed E-state index contributed by atoms with van der Waals surface area (Å²) in [6.45, 7) is 3.35. The number of amides is 3. The smallest absolute Gasteiger partial charge is 0.326 e. The number of phenols is 1. The number of phenolic OH excluding ortho intramolecular Hbond substituents is 1. The van der Waals surface area contributed by atoms with Crippen LogP contribution in [0.1, 0.15) is 31.5 Å². The molecule has 14 heteroatoms. The number of aliphatic carboxylic acids is 2. The van der Waals surface area contributed by atoms with Crippen molar-refractivity contribution in [1.29, 1.82) is 0 Å². The topological polar surface area (TPSA) is 237 Å². The predicted molar refractivity (Wildman–Crippen MR) is 133 cm³/mol. The van der Waals surface area contributed by atoms with Gasteiger partial charge in [0.1, 0.15) is 23.9 Å². The number of aromatic nitrogens is 2. The Hall–Kier alpha value is -4.46. The summed E-state index contributed by atoms with van der Waals surface area (Å²) in [5.41, 5.74) is 7.15. The fraction of sp³-hybridized carbons (Fsp3) is 0.417. The quantitative estimate of drug-likeness (QED) is 0.146. The van der Waals surface area contributed by atoms with Crippen molar-refractivity contribution in [2.24, 2.45) is 11.7 Å². The number of aromatic hydroxyl groups is 1. The Labute approximate surface area is 218 Å². The van der Waals surface area contributed by atoms with E-state index in [1.54, 1.807) is 26.0 Å². The van der Waals surface area contributed by atoms with Crippen LogP contribution in [0.25, 0.3) is 0 Å². The van der Waals surface area contributed by atoms with Crippen LogP contribution in [0.5, 0.6) is 5.75 Å². The number of carbonyl (C=O) groups excluding carboxylic acids is 3. The van der Waals surface area contributed by atoms with E-state index in [4.69, 9.17) is 10.8 Å². The van der Waals surface area contributed by atoms with Crippen LogP contribution >= 0.6 is 0 Å². The fourth-order valence-corrected chi connectivity index (χ4v) is 3.51. The van der Waals surface area contributed by atoms with Crippen LogP contribution in [0.4, 0.5) is 0 Å². The highest BCUT2D eigenvalue weighted by molar-refractivity contribution is 5.95. The molecule has 0 aliphatic rings. The van der Waals surface area contributed by atoms with Gasteiger partial charge in [-0.2, -0.15) is 0 Å². The number of carboxylic acids is 2. The normalized spacial score (nSPS) is 14.1. The van der Waals surface area contributed by atoms with Gasteiger partial charge in [-0.3, -0.25) is 19.2 Å². The van der Waals surface area contributed by atoms with Gasteiger partial charge in [-0.25, -0.2) is 9.78 Å². The lowest BCUT2D eigenvalue weighted by Gasteiger charge is -2.26. The average molecular weight is 533 g/mol. The van der Waals surface area contributed by atoms with Gasteiger partial charge < -0.3 is 42.0 Å². The number of carboxylic acid groups (broad SMARTS) is 2. The summed E-state index contributed by atoms with van der Waals surface area (Å²) in [5, 5.41) is 34.8. The first-order valence-electron chi connectivity index (χ1n) is 11.7. The molecule has 0 saturated carbocycles. The van der Waals surface area contributed by atoms with Crippen molar-refractivity contribution in [2.45, 2.75) is 57.3 Å². The second-order valence-corrected chi connectivity index (χ2v) is 9.05. The SMILES string of the molecule is CC(C)[C@H](NC(=O)[C@@H](N)Cc1ccc(O)cc1)C(=O)N[C@@H](Cc1cnc[nH]1)C(=O)N[C@@H](CC(=O)O)C(=O)O. The molecule has 0 bridgehead atoms. The van der Waals surface area contributed by atoms with E-state index >= 15 is 0 Å². The zero-order valence-electron chi connectivity index (χ0n) is 20.9. The Morgan fingerprint density at radius 1 is 0.921 bits per heavy atom. The van der Waals surface area contributed by atoms with Gasteiger partial charge in [0.05, 0.1) is 18.8 Å². The molecule has 2 aromatic rings. The van der Waals surface area contributed by atoms with E-state index in [0.29, 0.717) is 11.3 Å². The fourth-order valence-electron chi connectivity index (χ4n) is 3.51. The molecule has 0 aliphatic heterocycles. The molecule has 38 heavy (non-hydrogen) atoms. The van der Waals surface area contributed by atoms with Gasteiger partial charge in [0, 0.05) is 18.3 Å². The van der Waals surface area contributed by atoms with Gasteiger partial charge in [-0.15, -0.1) is 0 Å². The standard InChI is InChI=1S/C24H32N6O8/c1-12(2)20(30-21(34)16(25)7-13-3-5-15(31)6-4-13)23(36)28-17(8-14-10-26-11-27-14)22(35)29-18(24(37)38)9-19(32)33/h3-6,10-12,16-18,20,31H,7-9,25H2,1-2H3,(H,26,27)(H,28,36)(H,29,35)(H,30,34)(H,32,33)(H,37,38)/t16-,17-,18-,20-/m0/s1. The largest absolute Gasteiger partial charge is 0.508 e. The third-order valence-electron chi connectivity index (χ3n) is 5.58. The lowest BCUT2D eigenvalue weighted by molar-refractivity contribution is -0.147. The molecule has 1 aromatic carbocycles. The van der Waals surface area contributed by atoms with Gasteiger partial charge in [0.15, 0.2) is 0 Å². The third kappa shape index (κ3) is 9.20. The van der Waals surface area contributed by atoms with Crippen LogP contribution in [0.15, 0.2) is 36.8 Å². The summed E-state index contributed by atoms with van der Waals surface area (Å²) in [6, 6.07) is 0.999. The van der Waals surface area contributed by atoms with Crippen LogP contribution in [-0.2, 0) is 36.8 Å². The zero-order valence-corrected chi connectivity index (χ0v) is 20.9. The molecule has 14 nitrogen and oxygen atoms in total. The van der Waals surface area contributed by atoms with Gasteiger partial charge in [0.25, 0.3) is 0 Å². The number of nitrogens with zero attached hydrogens (tertiary/aromatic N) is 1. The maximum atomic E-state index is 13.2. The molecule has 1 heterocycles. The van der Waals surface area contributed by atoms with Crippen molar-refractivity contribution in [3.8, 4) is 5.75 Å². The predicted octanol–water partition coefficient (Wildman–Crippen LogP) is -1.10. The summed E-state index contributed by atoms with van der Waals surface area (Å²) in [6.07, 6.45) is 1.92. The molecule has 1 aromatic heterocycles. The van der Waals surface area contributed by atoms with Gasteiger partial charge in [0.2, 0.25) is 17.7 Å². The number of benzene rings is 1. The summed E-state index contributed by atoms with van der Waals surface area (Å²) in [7, 11) is 0. The molecule has 0 radical (unpaired) electrons. The maximum Gasteiger partial charge on any atom is 0.326 e. The van der Waals surface area contributed by atoms with Crippen molar-refractivity contribution in [3.63, 3.8) is 0 Å².